The number of hydrogen-bond donors (Lipinski definition) is 0. The first-order valence-corrected chi connectivity index (χ1v) is 18.7. The fourth-order valence-corrected chi connectivity index (χ4v) is 9.38. The van der Waals surface area contributed by atoms with Gasteiger partial charge in [0.1, 0.15) is 0 Å². The summed E-state index contributed by atoms with van der Waals surface area (Å²) in [5.74, 6) is 0. The highest BCUT2D eigenvalue weighted by Crippen LogP contribution is 2.54. The summed E-state index contributed by atoms with van der Waals surface area (Å²) < 4.78 is 0. The molecule has 1 aliphatic carbocycles. The lowest BCUT2D eigenvalue weighted by Crippen LogP contribution is -2.16. The summed E-state index contributed by atoms with van der Waals surface area (Å²) in [5, 5.41) is 12.9. The van der Waals surface area contributed by atoms with Crippen molar-refractivity contribution in [3.8, 4) is 44.5 Å². The number of rotatable bonds is 3. The smallest absolute Gasteiger partial charge is 0.0171 e. The topological polar surface area (TPSA) is 0 Å². The Kier molecular flexibility index (Phi) is 6.40. The number of benzene rings is 10. The molecule has 1 aliphatic rings. The van der Waals surface area contributed by atoms with Gasteiger partial charge >= 0.3 is 0 Å². The minimum absolute atomic E-state index is 0.141. The number of fused-ring (bicyclic) bond motifs is 10. The molecule has 0 atom stereocenters. The highest BCUT2D eigenvalue weighted by Gasteiger charge is 2.38. The molecular weight excluding hydrogens is 637 g/mol. The van der Waals surface area contributed by atoms with Crippen LogP contribution in [0, 0.1) is 0 Å². The van der Waals surface area contributed by atoms with Crippen LogP contribution in [-0.4, -0.2) is 0 Å². The van der Waals surface area contributed by atoms with Gasteiger partial charge in [0, 0.05) is 5.41 Å². The zero-order valence-electron chi connectivity index (χ0n) is 29.8. The van der Waals surface area contributed by atoms with E-state index in [9.17, 15) is 0 Å². The third kappa shape index (κ3) is 4.62. The average molecular weight is 673 g/mol. The van der Waals surface area contributed by atoms with Crippen LogP contribution in [0.15, 0.2) is 182 Å². The van der Waals surface area contributed by atoms with E-state index in [1.165, 1.54) is 109 Å². The molecular formula is C53H36. The maximum Gasteiger partial charge on any atom is 0.0171 e. The molecule has 10 aromatic carbocycles. The molecule has 0 N–H and O–H groups in total. The Morgan fingerprint density at radius 2 is 0.679 bits per heavy atom. The van der Waals surface area contributed by atoms with Gasteiger partial charge in [0.25, 0.3) is 0 Å². The molecule has 0 nitrogen and oxygen atoms in total. The second kappa shape index (κ2) is 11.2. The van der Waals surface area contributed by atoms with Crippen molar-refractivity contribution in [1.29, 1.82) is 0 Å². The maximum atomic E-state index is 2.42. The molecule has 0 radical (unpaired) electrons. The highest BCUT2D eigenvalue weighted by molar-refractivity contribution is 6.06. The molecule has 0 unspecified atom stereocenters. The largest absolute Gasteiger partial charge is 0.0616 e. The molecule has 0 heterocycles. The standard InChI is InChI=1S/C53H36/c1-53(2)51-47-24-20-41(40-19-18-38-29-37(16-17-39(38)30-40)36-15-14-33-8-3-4-10-35(33)28-36)31-43(47)22-26-49(51)50-27-23-44-32-42(21-25-48(44)52(50)53)46-13-7-11-34-9-5-6-12-45(34)46/h3-32H,1-2H3. The van der Waals surface area contributed by atoms with Gasteiger partial charge in [0.05, 0.1) is 0 Å². The van der Waals surface area contributed by atoms with Gasteiger partial charge in [-0.15, -0.1) is 0 Å². The molecule has 0 bridgehead atoms. The first-order chi connectivity index (χ1) is 26.0. The Bertz CT molecular complexity index is 3130. The van der Waals surface area contributed by atoms with E-state index in [0.717, 1.165) is 0 Å². The minimum Gasteiger partial charge on any atom is -0.0616 e. The Balaban J connectivity index is 0.956. The molecule has 0 fully saturated rings. The molecule has 0 aromatic heterocycles. The van der Waals surface area contributed by atoms with Gasteiger partial charge in [0.15, 0.2) is 0 Å². The molecule has 10 aromatic rings. The zero-order chi connectivity index (χ0) is 35.3. The second-order valence-electron chi connectivity index (χ2n) is 15.3. The van der Waals surface area contributed by atoms with Crippen LogP contribution in [0.2, 0.25) is 0 Å². The second-order valence-corrected chi connectivity index (χ2v) is 15.3. The van der Waals surface area contributed by atoms with E-state index < -0.39 is 0 Å². The molecule has 0 aliphatic heterocycles. The normalized spacial score (nSPS) is 13.2. The van der Waals surface area contributed by atoms with Crippen LogP contribution in [0.25, 0.3) is 98.4 Å². The molecule has 53 heavy (non-hydrogen) atoms. The quantitative estimate of drug-likeness (QED) is 0.175. The van der Waals surface area contributed by atoms with Gasteiger partial charge in [-0.25, -0.2) is 0 Å². The van der Waals surface area contributed by atoms with Gasteiger partial charge in [-0.1, -0.05) is 166 Å². The highest BCUT2D eigenvalue weighted by atomic mass is 14.4. The lowest BCUT2D eigenvalue weighted by Gasteiger charge is -2.25. The molecule has 0 amide bonds. The van der Waals surface area contributed by atoms with Crippen LogP contribution in [-0.2, 0) is 5.41 Å². The van der Waals surface area contributed by atoms with Crippen LogP contribution in [0.3, 0.4) is 0 Å². The summed E-state index contributed by atoms with van der Waals surface area (Å²) in [6, 6.07) is 67.9. The van der Waals surface area contributed by atoms with Crippen molar-refractivity contribution in [2.75, 3.05) is 0 Å². The van der Waals surface area contributed by atoms with Crippen molar-refractivity contribution in [2.45, 2.75) is 19.3 Å². The van der Waals surface area contributed by atoms with Gasteiger partial charge < -0.3 is 0 Å². The Labute approximate surface area is 309 Å². The van der Waals surface area contributed by atoms with E-state index in [0.29, 0.717) is 0 Å². The Morgan fingerprint density at radius 3 is 1.30 bits per heavy atom. The summed E-state index contributed by atoms with van der Waals surface area (Å²) >= 11 is 0. The fourth-order valence-electron chi connectivity index (χ4n) is 9.38. The van der Waals surface area contributed by atoms with E-state index in [-0.39, 0.29) is 5.41 Å². The Hall–Kier alpha value is -6.50. The predicted octanol–water partition coefficient (Wildman–Crippen LogP) is 14.8. The SMILES string of the molecule is CC1(C)c2c(ccc3cc(-c4ccc5cc(-c6ccc7ccccc7c6)ccc5c4)ccc23)-c2ccc3cc(-c4cccc5ccccc45)ccc3c21. The monoisotopic (exact) mass is 672 g/mol. The van der Waals surface area contributed by atoms with Crippen LogP contribution >= 0.6 is 0 Å². The molecule has 0 heteroatoms. The maximum absolute atomic E-state index is 2.42. The van der Waals surface area contributed by atoms with Gasteiger partial charge in [-0.05, 0) is 140 Å². The lowest BCUT2D eigenvalue weighted by atomic mass is 9.78. The Morgan fingerprint density at radius 1 is 0.264 bits per heavy atom. The van der Waals surface area contributed by atoms with E-state index in [1.807, 2.05) is 0 Å². The van der Waals surface area contributed by atoms with E-state index in [2.05, 4.69) is 196 Å². The van der Waals surface area contributed by atoms with Crippen molar-refractivity contribution >= 4 is 53.9 Å². The van der Waals surface area contributed by atoms with Crippen LogP contribution in [0.4, 0.5) is 0 Å². The van der Waals surface area contributed by atoms with E-state index in [1.54, 1.807) is 0 Å². The molecule has 0 spiro atoms. The van der Waals surface area contributed by atoms with E-state index >= 15 is 0 Å². The van der Waals surface area contributed by atoms with Gasteiger partial charge in [-0.2, -0.15) is 0 Å². The van der Waals surface area contributed by atoms with Gasteiger partial charge in [-0.3, -0.25) is 0 Å². The summed E-state index contributed by atoms with van der Waals surface area (Å²) in [6.07, 6.45) is 0. The molecule has 248 valence electrons. The summed E-state index contributed by atoms with van der Waals surface area (Å²) in [7, 11) is 0. The average Bonchev–Trinajstić information content (AvgIpc) is 3.45. The minimum atomic E-state index is -0.141. The predicted molar refractivity (Wildman–Crippen MR) is 228 cm³/mol. The van der Waals surface area contributed by atoms with Crippen molar-refractivity contribution in [3.63, 3.8) is 0 Å². The van der Waals surface area contributed by atoms with Crippen molar-refractivity contribution < 1.29 is 0 Å². The summed E-state index contributed by atoms with van der Waals surface area (Å²) in [4.78, 5) is 0. The number of hydrogen-bond acceptors (Lipinski definition) is 0. The van der Waals surface area contributed by atoms with Gasteiger partial charge in [0.2, 0.25) is 0 Å². The van der Waals surface area contributed by atoms with Crippen LogP contribution in [0.5, 0.6) is 0 Å². The first kappa shape index (κ1) is 30.2. The van der Waals surface area contributed by atoms with Crippen LogP contribution in [0.1, 0.15) is 25.0 Å². The lowest BCUT2D eigenvalue weighted by molar-refractivity contribution is 0.672. The van der Waals surface area contributed by atoms with Crippen LogP contribution < -0.4 is 0 Å². The molecule has 0 saturated carbocycles. The first-order valence-electron chi connectivity index (χ1n) is 18.7. The fraction of sp³-hybridized carbons (Fsp3) is 0.0566. The summed E-state index contributed by atoms with van der Waals surface area (Å²) in [5.41, 5.74) is 13.0. The van der Waals surface area contributed by atoms with Crippen molar-refractivity contribution in [2.24, 2.45) is 0 Å². The zero-order valence-corrected chi connectivity index (χ0v) is 29.8. The van der Waals surface area contributed by atoms with E-state index in [4.69, 9.17) is 0 Å². The third-order valence-corrected chi connectivity index (χ3v) is 11.9. The molecule has 11 rings (SSSR count). The van der Waals surface area contributed by atoms with Crippen molar-refractivity contribution in [1.82, 2.24) is 0 Å². The van der Waals surface area contributed by atoms with Crippen molar-refractivity contribution in [3.05, 3.63) is 193 Å². The molecule has 0 saturated heterocycles. The third-order valence-electron chi connectivity index (χ3n) is 11.9. The summed E-state index contributed by atoms with van der Waals surface area (Å²) in [6.45, 7) is 4.83.